The number of aryl methyl sites for hydroxylation is 1. The number of fused-ring (bicyclic) bond motifs is 9. The van der Waals surface area contributed by atoms with Crippen molar-refractivity contribution in [3.05, 3.63) is 159 Å². The summed E-state index contributed by atoms with van der Waals surface area (Å²) in [4.78, 5) is 2.69. The van der Waals surface area contributed by atoms with Gasteiger partial charge in [0.2, 0.25) is 0 Å². The molecule has 0 unspecified atom stereocenters. The van der Waals surface area contributed by atoms with Gasteiger partial charge in [0.25, 0.3) is 0 Å². The lowest BCUT2D eigenvalue weighted by Gasteiger charge is -2.44. The van der Waals surface area contributed by atoms with Crippen LogP contribution < -0.4 is 21.1 Å². The number of nitrogens with zero attached hydrogens (tertiary/aromatic N) is 1. The molecule has 71 heavy (non-hydrogen) atoms. The molecule has 0 fully saturated rings. The first-order chi connectivity index (χ1) is 33.3. The number of hydrogen-bond acceptors (Lipinski definition) is 2. The number of benzene rings is 7. The molecule has 0 amide bonds. The number of nitrogens with one attached hydrogen (secondary N) is 1. The van der Waals surface area contributed by atoms with E-state index in [0.717, 1.165) is 12.8 Å². The van der Waals surface area contributed by atoms with Crippen molar-refractivity contribution < 1.29 is 0 Å². The van der Waals surface area contributed by atoms with Crippen LogP contribution in [-0.4, -0.2) is 7.28 Å². The molecule has 1 radical (unpaired) electrons. The van der Waals surface area contributed by atoms with Crippen molar-refractivity contribution in [2.45, 2.75) is 180 Å². The van der Waals surface area contributed by atoms with Crippen LogP contribution in [-0.2, 0) is 37.9 Å². The lowest BCUT2D eigenvalue weighted by Crippen LogP contribution is -2.42. The molecule has 0 aromatic heterocycles. The van der Waals surface area contributed by atoms with Crippen LogP contribution in [0.1, 0.15) is 186 Å². The van der Waals surface area contributed by atoms with Crippen LogP contribution in [0, 0.1) is 6.92 Å². The van der Waals surface area contributed by atoms with Gasteiger partial charge >= 0.3 is 0 Å². The molecule has 361 valence electrons. The largest absolute Gasteiger partial charge is 0.355 e. The minimum Gasteiger partial charge on any atom is -0.355 e. The maximum absolute atomic E-state index is 4.22. The van der Waals surface area contributed by atoms with E-state index in [1.807, 2.05) is 0 Å². The molecule has 2 nitrogen and oxygen atoms in total. The molecule has 0 spiro atoms. The van der Waals surface area contributed by atoms with E-state index in [-0.39, 0.29) is 37.9 Å². The van der Waals surface area contributed by atoms with E-state index in [4.69, 9.17) is 0 Å². The summed E-state index contributed by atoms with van der Waals surface area (Å²) < 4.78 is 0. The third-order valence-electron chi connectivity index (χ3n) is 19.4. The van der Waals surface area contributed by atoms with Crippen LogP contribution in [0.5, 0.6) is 0 Å². The Balaban J connectivity index is 1.16. The summed E-state index contributed by atoms with van der Waals surface area (Å²) in [7, 11) is 2.57. The van der Waals surface area contributed by atoms with Crippen molar-refractivity contribution in [1.29, 1.82) is 0 Å². The van der Waals surface area contributed by atoms with Gasteiger partial charge in [-0.05, 0) is 203 Å². The van der Waals surface area contributed by atoms with E-state index in [2.05, 4.69) is 231 Å². The van der Waals surface area contributed by atoms with Gasteiger partial charge < -0.3 is 10.2 Å². The highest BCUT2D eigenvalue weighted by molar-refractivity contribution is 6.74. The van der Waals surface area contributed by atoms with Crippen LogP contribution in [0.4, 0.5) is 28.4 Å². The van der Waals surface area contributed by atoms with Crippen molar-refractivity contribution in [2.24, 2.45) is 0 Å². The second-order valence-corrected chi connectivity index (χ2v) is 27.3. The molecule has 5 aliphatic rings. The lowest BCUT2D eigenvalue weighted by molar-refractivity contribution is 0.332. The van der Waals surface area contributed by atoms with Gasteiger partial charge in [0.15, 0.2) is 7.28 Å². The zero-order valence-corrected chi connectivity index (χ0v) is 45.7. The summed E-state index contributed by atoms with van der Waals surface area (Å²) in [6, 6.07) is 43.7. The van der Waals surface area contributed by atoms with Crippen LogP contribution in [0.15, 0.2) is 109 Å². The Labute approximate surface area is 427 Å². The van der Waals surface area contributed by atoms with Crippen LogP contribution in [0.3, 0.4) is 0 Å². The highest BCUT2D eigenvalue weighted by Crippen LogP contribution is 2.56. The standard InChI is InChI=1S/C68H76BN2/c1-40-32-50-54(67(12,13)31-28-63(50,4)5)39-57(40)71-58-36-45-44-22-18-19-23-47(44)68(14,15)49(45)37-55(58)69-61-59(71)33-41-20-16-17-21-43(41)60(61)46-35-52-53(66(10,11)30-29-65(52,8)9)38-56(46)70-42-24-25-48-51(34-42)64(6,7)27-26-62(48,2)3/h16-25,32-39,70H,26-31H2,1-15H3. The summed E-state index contributed by atoms with van der Waals surface area (Å²) in [5, 5.41) is 6.77. The third-order valence-corrected chi connectivity index (χ3v) is 19.4. The van der Waals surface area contributed by atoms with Crippen molar-refractivity contribution in [2.75, 3.05) is 10.2 Å². The molecule has 0 bridgehead atoms. The maximum atomic E-state index is 4.22. The monoisotopic (exact) mass is 932 g/mol. The van der Waals surface area contributed by atoms with E-state index in [9.17, 15) is 0 Å². The van der Waals surface area contributed by atoms with Crippen LogP contribution in [0.25, 0.3) is 33.0 Å². The van der Waals surface area contributed by atoms with Gasteiger partial charge in [-0.15, -0.1) is 0 Å². The molecular formula is C68H76BN2. The van der Waals surface area contributed by atoms with Crippen LogP contribution >= 0.6 is 0 Å². The van der Waals surface area contributed by atoms with Crippen molar-refractivity contribution in [3.63, 3.8) is 0 Å². The minimum atomic E-state index is -0.129. The first-order valence-electron chi connectivity index (χ1n) is 27.1. The van der Waals surface area contributed by atoms with Gasteiger partial charge in [0, 0.05) is 39.4 Å². The normalized spacial score (nSPS) is 20.6. The number of hydrogen-bond donors (Lipinski definition) is 1. The highest BCUT2D eigenvalue weighted by atomic mass is 15.2. The molecule has 7 aromatic carbocycles. The summed E-state index contributed by atoms with van der Waals surface area (Å²) in [5.74, 6) is 0. The van der Waals surface area contributed by atoms with E-state index < -0.39 is 0 Å². The fourth-order valence-electron chi connectivity index (χ4n) is 14.3. The lowest BCUT2D eigenvalue weighted by atomic mass is 9.56. The molecule has 0 saturated carbocycles. The Bertz CT molecular complexity index is 3420. The zero-order valence-electron chi connectivity index (χ0n) is 45.7. The van der Waals surface area contributed by atoms with E-state index in [1.165, 1.54) is 148 Å². The predicted octanol–water partition coefficient (Wildman–Crippen LogP) is 17.4. The SMILES string of the molecule is Cc1cc2c(cc1N1c3cc4c(cc3[B]c3c1cc1ccccc1c3-c1cc3c(cc1Nc1ccc5c(c1)C(C)(C)CCC5(C)C)C(C)(C)CCC3(C)C)C(C)(C)c1ccccc1-4)C(C)(C)CCC2(C)C. The predicted molar refractivity (Wildman–Crippen MR) is 307 cm³/mol. The van der Waals surface area contributed by atoms with Gasteiger partial charge in [0.05, 0.1) is 0 Å². The Morgan fingerprint density at radius 2 is 0.972 bits per heavy atom. The molecule has 0 atom stereocenters. The summed E-state index contributed by atoms with van der Waals surface area (Å²) in [5.41, 5.74) is 27.4. The fourth-order valence-corrected chi connectivity index (χ4v) is 14.3. The molecule has 4 aliphatic carbocycles. The van der Waals surface area contributed by atoms with Crippen LogP contribution in [0.2, 0.25) is 0 Å². The molecular weight excluding hydrogens is 856 g/mol. The van der Waals surface area contributed by atoms with Gasteiger partial charge in [-0.1, -0.05) is 169 Å². The van der Waals surface area contributed by atoms with E-state index in [1.54, 1.807) is 0 Å². The second kappa shape index (κ2) is 15.0. The molecule has 3 heteroatoms. The van der Waals surface area contributed by atoms with Gasteiger partial charge in [-0.2, -0.15) is 0 Å². The molecule has 12 rings (SSSR count). The minimum absolute atomic E-state index is 0.0223. The van der Waals surface area contributed by atoms with Gasteiger partial charge in [-0.25, -0.2) is 0 Å². The average molecular weight is 932 g/mol. The third kappa shape index (κ3) is 6.93. The highest BCUT2D eigenvalue weighted by Gasteiger charge is 2.43. The van der Waals surface area contributed by atoms with Gasteiger partial charge in [0.1, 0.15) is 0 Å². The number of anilines is 5. The Kier molecular flexibility index (Phi) is 9.85. The molecule has 7 aromatic rings. The zero-order chi connectivity index (χ0) is 50.2. The second-order valence-electron chi connectivity index (χ2n) is 27.3. The van der Waals surface area contributed by atoms with E-state index in [0.29, 0.717) is 0 Å². The first-order valence-corrected chi connectivity index (χ1v) is 27.1. The first kappa shape index (κ1) is 46.5. The Hall–Kier alpha value is -5.54. The maximum Gasteiger partial charge on any atom is 0.197 e. The number of rotatable bonds is 4. The average Bonchev–Trinajstić information content (AvgIpc) is 3.53. The van der Waals surface area contributed by atoms with E-state index >= 15 is 0 Å². The topological polar surface area (TPSA) is 15.3 Å². The van der Waals surface area contributed by atoms with Crippen molar-refractivity contribution in [3.8, 4) is 22.3 Å². The quantitative estimate of drug-likeness (QED) is 0.177. The molecule has 0 saturated heterocycles. The summed E-state index contributed by atoms with van der Waals surface area (Å²) in [6.07, 6.45) is 7.08. The Morgan fingerprint density at radius 1 is 0.423 bits per heavy atom. The molecule has 1 aliphatic heterocycles. The fraction of sp³-hybridized carbons (Fsp3) is 0.412. The smallest absolute Gasteiger partial charge is 0.197 e. The van der Waals surface area contributed by atoms with Crippen molar-refractivity contribution in [1.82, 2.24) is 0 Å². The van der Waals surface area contributed by atoms with Crippen molar-refractivity contribution >= 4 is 57.4 Å². The summed E-state index contributed by atoms with van der Waals surface area (Å²) >= 11 is 0. The summed E-state index contributed by atoms with van der Waals surface area (Å²) in [6.45, 7) is 36.7. The molecule has 1 N–H and O–H groups in total. The Morgan fingerprint density at radius 3 is 1.63 bits per heavy atom. The molecule has 1 heterocycles. The van der Waals surface area contributed by atoms with Gasteiger partial charge in [-0.3, -0.25) is 0 Å².